The predicted octanol–water partition coefficient (Wildman–Crippen LogP) is 2.52. The molecule has 2 heterocycles. The fourth-order valence-electron chi connectivity index (χ4n) is 4.08. The van der Waals surface area contributed by atoms with E-state index in [1.807, 2.05) is 14.1 Å². The first kappa shape index (κ1) is 14.5. The Morgan fingerprint density at radius 2 is 2.22 bits per heavy atom. The highest BCUT2D eigenvalue weighted by atomic mass is 16.2. The number of nitrogens with zero attached hydrogens (tertiary/aromatic N) is 2. The van der Waals surface area contributed by atoms with Crippen LogP contribution in [0.1, 0.15) is 17.5 Å². The van der Waals surface area contributed by atoms with Crippen molar-refractivity contribution >= 4 is 22.4 Å². The summed E-state index contributed by atoms with van der Waals surface area (Å²) < 4.78 is 0. The minimum absolute atomic E-state index is 0.204. The maximum atomic E-state index is 12.1. The molecule has 0 bridgehead atoms. The number of rotatable bonds is 2. The molecule has 0 spiro atoms. The Bertz CT molecular complexity index is 802. The highest BCUT2D eigenvalue weighted by Crippen LogP contribution is 2.41. The molecule has 2 aromatic rings. The molecule has 0 saturated heterocycles. The third-order valence-electron chi connectivity index (χ3n) is 5.28. The molecule has 2 aliphatic rings. The number of nitrogens with one attached hydrogen (secondary N) is 1. The van der Waals surface area contributed by atoms with Crippen molar-refractivity contribution < 1.29 is 4.79 Å². The number of aromatic amines is 1. The van der Waals surface area contributed by atoms with Crippen molar-refractivity contribution in [1.29, 1.82) is 0 Å². The lowest BCUT2D eigenvalue weighted by Crippen LogP contribution is -2.43. The molecule has 1 unspecified atom stereocenters. The van der Waals surface area contributed by atoms with Crippen LogP contribution in [0.4, 0.5) is 0 Å². The summed E-state index contributed by atoms with van der Waals surface area (Å²) in [5, 5.41) is 1.36. The van der Waals surface area contributed by atoms with Crippen LogP contribution in [0.25, 0.3) is 16.5 Å². The fraction of sp³-hybridized carbons (Fsp3) is 0.421. The van der Waals surface area contributed by atoms with Gasteiger partial charge in [0, 0.05) is 50.2 Å². The third-order valence-corrected chi connectivity index (χ3v) is 5.28. The lowest BCUT2D eigenvalue weighted by Gasteiger charge is -2.40. The SMILES string of the molecule is CN(C)C(=O)CC1C=C2c3cccc4[nH]cc(c34)C[C@@H]2N(C)C1. The van der Waals surface area contributed by atoms with Crippen LogP contribution < -0.4 is 0 Å². The Morgan fingerprint density at radius 1 is 1.39 bits per heavy atom. The number of carbonyl (C=O) groups is 1. The van der Waals surface area contributed by atoms with E-state index in [0.717, 1.165) is 13.0 Å². The number of benzene rings is 1. The Kier molecular flexibility index (Phi) is 3.31. The number of hydrogen-bond donors (Lipinski definition) is 1. The van der Waals surface area contributed by atoms with E-state index in [4.69, 9.17) is 0 Å². The minimum Gasteiger partial charge on any atom is -0.361 e. The average Bonchev–Trinajstić information content (AvgIpc) is 2.93. The average molecular weight is 309 g/mol. The molecule has 4 rings (SSSR count). The van der Waals surface area contributed by atoms with E-state index in [9.17, 15) is 4.79 Å². The Labute approximate surface area is 136 Å². The maximum absolute atomic E-state index is 12.1. The summed E-state index contributed by atoms with van der Waals surface area (Å²) in [4.78, 5) is 19.6. The number of carbonyl (C=O) groups excluding carboxylic acids is 1. The largest absolute Gasteiger partial charge is 0.361 e. The highest BCUT2D eigenvalue weighted by molar-refractivity contribution is 5.98. The summed E-state index contributed by atoms with van der Waals surface area (Å²) in [6.45, 7) is 0.948. The molecular formula is C19H23N3O. The molecule has 23 heavy (non-hydrogen) atoms. The van der Waals surface area contributed by atoms with Gasteiger partial charge in [0.05, 0.1) is 0 Å². The summed E-state index contributed by atoms with van der Waals surface area (Å²) in [6, 6.07) is 6.91. The molecular weight excluding hydrogens is 286 g/mol. The molecule has 4 heteroatoms. The van der Waals surface area contributed by atoms with Crippen molar-refractivity contribution in [3.05, 3.63) is 41.6 Å². The Hall–Kier alpha value is -2.07. The zero-order valence-electron chi connectivity index (χ0n) is 14.0. The van der Waals surface area contributed by atoms with Gasteiger partial charge in [0.15, 0.2) is 0 Å². The molecule has 1 N–H and O–H groups in total. The van der Waals surface area contributed by atoms with Gasteiger partial charge in [-0.3, -0.25) is 9.69 Å². The number of amides is 1. The lowest BCUT2D eigenvalue weighted by molar-refractivity contribution is -0.129. The van der Waals surface area contributed by atoms with Crippen LogP contribution in [-0.2, 0) is 11.2 Å². The maximum Gasteiger partial charge on any atom is 0.222 e. The van der Waals surface area contributed by atoms with Crippen molar-refractivity contribution in [3.63, 3.8) is 0 Å². The van der Waals surface area contributed by atoms with Crippen molar-refractivity contribution in [1.82, 2.24) is 14.8 Å². The smallest absolute Gasteiger partial charge is 0.222 e. The van der Waals surface area contributed by atoms with E-state index < -0.39 is 0 Å². The first-order valence-electron chi connectivity index (χ1n) is 8.26. The summed E-state index contributed by atoms with van der Waals surface area (Å²) >= 11 is 0. The van der Waals surface area contributed by atoms with E-state index in [0.29, 0.717) is 12.5 Å². The fourth-order valence-corrected chi connectivity index (χ4v) is 4.08. The van der Waals surface area contributed by atoms with Crippen molar-refractivity contribution in [2.24, 2.45) is 5.92 Å². The van der Waals surface area contributed by atoms with Gasteiger partial charge in [-0.1, -0.05) is 18.2 Å². The topological polar surface area (TPSA) is 39.3 Å². The van der Waals surface area contributed by atoms with Gasteiger partial charge in [-0.15, -0.1) is 0 Å². The van der Waals surface area contributed by atoms with Crippen LogP contribution in [0, 0.1) is 5.92 Å². The summed E-state index contributed by atoms with van der Waals surface area (Å²) in [7, 11) is 5.85. The van der Waals surface area contributed by atoms with E-state index in [1.54, 1.807) is 4.90 Å². The third kappa shape index (κ3) is 2.29. The lowest BCUT2D eigenvalue weighted by atomic mass is 9.79. The quantitative estimate of drug-likeness (QED) is 0.926. The van der Waals surface area contributed by atoms with Gasteiger partial charge in [0.2, 0.25) is 5.91 Å². The second kappa shape index (κ2) is 5.24. The van der Waals surface area contributed by atoms with Crippen LogP contribution in [0.3, 0.4) is 0 Å². The summed E-state index contributed by atoms with van der Waals surface area (Å²) in [5.74, 6) is 0.493. The Morgan fingerprint density at radius 3 is 3.00 bits per heavy atom. The first-order valence-corrected chi connectivity index (χ1v) is 8.26. The van der Waals surface area contributed by atoms with Crippen molar-refractivity contribution in [2.45, 2.75) is 18.9 Å². The molecule has 1 amide bonds. The minimum atomic E-state index is 0.204. The van der Waals surface area contributed by atoms with Crippen molar-refractivity contribution in [2.75, 3.05) is 27.7 Å². The van der Waals surface area contributed by atoms with Crippen LogP contribution >= 0.6 is 0 Å². The molecule has 4 nitrogen and oxygen atoms in total. The highest BCUT2D eigenvalue weighted by Gasteiger charge is 2.34. The number of fused-ring (bicyclic) bond motifs is 2. The van der Waals surface area contributed by atoms with Crippen LogP contribution in [-0.4, -0.2) is 54.4 Å². The van der Waals surface area contributed by atoms with E-state index in [2.05, 4.69) is 47.4 Å². The number of hydrogen-bond acceptors (Lipinski definition) is 2. The second-order valence-electron chi connectivity index (χ2n) is 7.08. The predicted molar refractivity (Wildman–Crippen MR) is 93.2 cm³/mol. The van der Waals surface area contributed by atoms with Gasteiger partial charge >= 0.3 is 0 Å². The van der Waals surface area contributed by atoms with Crippen LogP contribution in [0.15, 0.2) is 30.5 Å². The van der Waals surface area contributed by atoms with Gasteiger partial charge in [0.1, 0.15) is 0 Å². The molecule has 2 atom stereocenters. The normalized spacial score (nSPS) is 23.5. The summed E-state index contributed by atoms with van der Waals surface area (Å²) in [5.41, 5.74) is 5.36. The molecule has 0 radical (unpaired) electrons. The van der Waals surface area contributed by atoms with Crippen molar-refractivity contribution in [3.8, 4) is 0 Å². The molecule has 0 fully saturated rings. The molecule has 1 aliphatic carbocycles. The van der Waals surface area contributed by atoms with Crippen LogP contribution in [0.2, 0.25) is 0 Å². The molecule has 1 aromatic heterocycles. The zero-order valence-corrected chi connectivity index (χ0v) is 14.0. The van der Waals surface area contributed by atoms with E-state index in [1.165, 1.54) is 27.6 Å². The van der Waals surface area contributed by atoms with Gasteiger partial charge in [-0.2, -0.15) is 0 Å². The number of H-pyrrole nitrogens is 1. The molecule has 1 aromatic carbocycles. The second-order valence-corrected chi connectivity index (χ2v) is 7.08. The Balaban J connectivity index is 1.77. The van der Waals surface area contributed by atoms with Gasteiger partial charge in [-0.25, -0.2) is 0 Å². The van der Waals surface area contributed by atoms with E-state index >= 15 is 0 Å². The summed E-state index contributed by atoms with van der Waals surface area (Å²) in [6.07, 6.45) is 6.15. The van der Waals surface area contributed by atoms with Gasteiger partial charge < -0.3 is 9.88 Å². The zero-order chi connectivity index (χ0) is 16.1. The molecule has 1 aliphatic heterocycles. The number of likely N-dealkylation sites (N-methyl/N-ethyl adjacent to an activating group) is 1. The van der Waals surface area contributed by atoms with Gasteiger partial charge in [0.25, 0.3) is 0 Å². The van der Waals surface area contributed by atoms with Crippen LogP contribution in [0.5, 0.6) is 0 Å². The molecule has 120 valence electrons. The standard InChI is InChI=1S/C19H23N3O/c1-21(2)18(23)8-12-7-15-14-5-4-6-16-19(14)13(10-20-16)9-17(15)22(3)11-12/h4-7,10,12,17,20H,8-9,11H2,1-3H3/t12?,17-/m0/s1. The van der Waals surface area contributed by atoms with Gasteiger partial charge in [-0.05, 0) is 42.2 Å². The molecule has 0 saturated carbocycles. The first-order chi connectivity index (χ1) is 11.0. The monoisotopic (exact) mass is 309 g/mol. The van der Waals surface area contributed by atoms with E-state index in [-0.39, 0.29) is 11.8 Å². The number of aromatic nitrogens is 1.